The van der Waals surface area contributed by atoms with Gasteiger partial charge in [0.05, 0.1) is 23.9 Å². The smallest absolute Gasteiger partial charge is 0.450 e. The van der Waals surface area contributed by atoms with Crippen LogP contribution < -0.4 is 4.90 Å². The summed E-state index contributed by atoms with van der Waals surface area (Å²) in [5.74, 6) is -0.643. The second kappa shape index (κ2) is 6.37. The number of rotatable bonds is 4. The molecule has 0 fully saturated rings. The molecule has 0 aliphatic carbocycles. The summed E-state index contributed by atoms with van der Waals surface area (Å²) < 4.78 is 5.02. The normalized spacial score (nSPS) is 18.2. The highest BCUT2D eigenvalue weighted by Gasteiger charge is 2.57. The Hall–Kier alpha value is -3.59. The van der Waals surface area contributed by atoms with Crippen LogP contribution in [0.1, 0.15) is 16.7 Å². The van der Waals surface area contributed by atoms with Gasteiger partial charge < -0.3 is 14.7 Å². The molecular weight excluding hydrogens is 332 g/mol. The van der Waals surface area contributed by atoms with Crippen LogP contribution in [0.2, 0.25) is 0 Å². The second-order valence-corrected chi connectivity index (χ2v) is 6.04. The highest BCUT2D eigenvalue weighted by molar-refractivity contribution is 6.10. The summed E-state index contributed by atoms with van der Waals surface area (Å²) in [4.78, 5) is 26.0. The number of nitriles is 1. The van der Waals surface area contributed by atoms with E-state index in [0.717, 1.165) is 11.1 Å². The number of benzene rings is 2. The van der Waals surface area contributed by atoms with Crippen LogP contribution in [-0.4, -0.2) is 17.2 Å². The first-order valence-electron chi connectivity index (χ1n) is 7.88. The average Bonchev–Trinajstić information content (AvgIpc) is 2.84. The van der Waals surface area contributed by atoms with E-state index in [9.17, 15) is 20.0 Å². The third-order valence-corrected chi connectivity index (χ3v) is 4.35. The third kappa shape index (κ3) is 2.60. The van der Waals surface area contributed by atoms with Gasteiger partial charge in [0, 0.05) is 5.56 Å². The quantitative estimate of drug-likeness (QED) is 0.674. The molecular formula is C20H16N2O4. The van der Waals surface area contributed by atoms with Crippen molar-refractivity contribution in [1.29, 1.82) is 5.26 Å². The predicted octanol–water partition coefficient (Wildman–Crippen LogP) is 3.51. The molecule has 1 heterocycles. The maximum absolute atomic E-state index is 13.3. The fourth-order valence-corrected chi connectivity index (χ4v) is 3.17. The van der Waals surface area contributed by atoms with Gasteiger partial charge in [0.1, 0.15) is 0 Å². The predicted molar refractivity (Wildman–Crippen MR) is 94.4 cm³/mol. The van der Waals surface area contributed by atoms with Gasteiger partial charge >= 0.3 is 6.16 Å². The lowest BCUT2D eigenvalue weighted by Gasteiger charge is -2.26. The zero-order valence-electron chi connectivity index (χ0n) is 14.1. The summed E-state index contributed by atoms with van der Waals surface area (Å²) in [6.07, 6.45) is -1.65. The van der Waals surface area contributed by atoms with Crippen molar-refractivity contribution in [1.82, 2.24) is 0 Å². The zero-order chi connectivity index (χ0) is 18.9. The number of nitrogens with zero attached hydrogens (tertiary/aromatic N) is 2. The fourth-order valence-electron chi connectivity index (χ4n) is 3.17. The standard InChI is InChI=1S/C20H16N2O4/c1-13-8-9-17-16(10-13)20(14(2)11-21,26-19(24)25)18(23)22(17)12-15-6-4-3-5-7-15/h3-10H,2,12H2,1H3,(H,24,25). The van der Waals surface area contributed by atoms with Crippen molar-refractivity contribution in [2.75, 3.05) is 4.90 Å². The number of carboxylic acid groups (broad SMARTS) is 1. The molecule has 0 aromatic heterocycles. The SMILES string of the molecule is C=C(C#N)C1(OC(=O)O)C(=O)N(Cc2ccccc2)c2ccc(C)cc21. The molecule has 2 aromatic carbocycles. The average molecular weight is 348 g/mol. The number of carbonyl (C=O) groups excluding carboxylic acids is 1. The lowest BCUT2D eigenvalue weighted by Crippen LogP contribution is -2.44. The van der Waals surface area contributed by atoms with Gasteiger partial charge in [-0.05, 0) is 24.6 Å². The number of aryl methyl sites for hydroxylation is 1. The monoisotopic (exact) mass is 348 g/mol. The first kappa shape index (κ1) is 17.2. The number of amides is 1. The summed E-state index contributed by atoms with van der Waals surface area (Å²) in [7, 11) is 0. The highest BCUT2D eigenvalue weighted by atomic mass is 16.7. The van der Waals surface area contributed by atoms with Crippen LogP contribution in [0.15, 0.2) is 60.7 Å². The highest BCUT2D eigenvalue weighted by Crippen LogP contribution is 2.47. The van der Waals surface area contributed by atoms with Gasteiger partial charge in [-0.15, -0.1) is 0 Å². The Morgan fingerprint density at radius 3 is 2.62 bits per heavy atom. The van der Waals surface area contributed by atoms with Crippen LogP contribution in [0.4, 0.5) is 10.5 Å². The first-order valence-corrected chi connectivity index (χ1v) is 7.88. The van der Waals surface area contributed by atoms with E-state index in [1.165, 1.54) is 4.90 Å². The molecule has 0 spiro atoms. The van der Waals surface area contributed by atoms with E-state index in [1.807, 2.05) is 43.3 Å². The summed E-state index contributed by atoms with van der Waals surface area (Å²) in [6, 6.07) is 16.3. The maximum Gasteiger partial charge on any atom is 0.507 e. The molecule has 1 amide bonds. The van der Waals surface area contributed by atoms with Crippen LogP contribution in [0, 0.1) is 18.3 Å². The van der Waals surface area contributed by atoms with E-state index in [2.05, 4.69) is 6.58 Å². The number of anilines is 1. The molecule has 2 aromatic rings. The van der Waals surface area contributed by atoms with Crippen LogP contribution >= 0.6 is 0 Å². The Kier molecular flexibility index (Phi) is 4.23. The van der Waals surface area contributed by atoms with Gasteiger partial charge in [-0.1, -0.05) is 48.5 Å². The van der Waals surface area contributed by atoms with E-state index in [-0.39, 0.29) is 12.1 Å². The Morgan fingerprint density at radius 2 is 2.00 bits per heavy atom. The Balaban J connectivity index is 2.19. The van der Waals surface area contributed by atoms with Crippen LogP contribution in [0.25, 0.3) is 0 Å². The van der Waals surface area contributed by atoms with E-state index < -0.39 is 17.7 Å². The molecule has 3 rings (SSSR count). The fraction of sp³-hybridized carbons (Fsp3) is 0.150. The molecule has 6 heteroatoms. The van der Waals surface area contributed by atoms with E-state index in [0.29, 0.717) is 11.3 Å². The Morgan fingerprint density at radius 1 is 1.31 bits per heavy atom. The summed E-state index contributed by atoms with van der Waals surface area (Å²) >= 11 is 0. The van der Waals surface area contributed by atoms with Crippen molar-refractivity contribution in [3.05, 3.63) is 77.4 Å². The van der Waals surface area contributed by atoms with Crippen LogP contribution in [0.3, 0.4) is 0 Å². The summed E-state index contributed by atoms with van der Waals surface area (Å²) in [6.45, 7) is 5.64. The van der Waals surface area contributed by atoms with Gasteiger partial charge in [0.15, 0.2) is 0 Å². The third-order valence-electron chi connectivity index (χ3n) is 4.35. The topological polar surface area (TPSA) is 90.6 Å². The molecule has 130 valence electrons. The van der Waals surface area contributed by atoms with E-state index in [4.69, 9.17) is 4.74 Å². The first-order chi connectivity index (χ1) is 12.4. The molecule has 1 N–H and O–H groups in total. The number of fused-ring (bicyclic) bond motifs is 1. The molecule has 0 bridgehead atoms. The van der Waals surface area contributed by atoms with Crippen LogP contribution in [-0.2, 0) is 21.7 Å². The van der Waals surface area contributed by atoms with Crippen LogP contribution in [0.5, 0.6) is 0 Å². The Bertz CT molecular complexity index is 946. The molecule has 1 aliphatic heterocycles. The lowest BCUT2D eigenvalue weighted by molar-refractivity contribution is -0.134. The minimum atomic E-state index is -2.06. The molecule has 0 radical (unpaired) electrons. The number of hydrogen-bond donors (Lipinski definition) is 1. The second-order valence-electron chi connectivity index (χ2n) is 6.04. The lowest BCUT2D eigenvalue weighted by atomic mass is 9.87. The van der Waals surface area contributed by atoms with Crippen molar-refractivity contribution < 1.29 is 19.4 Å². The van der Waals surface area contributed by atoms with Crippen molar-refractivity contribution >= 4 is 17.7 Å². The summed E-state index contributed by atoms with van der Waals surface area (Å²) in [5, 5.41) is 18.6. The molecule has 6 nitrogen and oxygen atoms in total. The maximum atomic E-state index is 13.3. The van der Waals surface area contributed by atoms with Gasteiger partial charge in [-0.25, -0.2) is 4.79 Å². The van der Waals surface area contributed by atoms with Crippen molar-refractivity contribution in [2.24, 2.45) is 0 Å². The van der Waals surface area contributed by atoms with Gasteiger partial charge in [0.2, 0.25) is 0 Å². The van der Waals surface area contributed by atoms with Crippen molar-refractivity contribution in [3.8, 4) is 6.07 Å². The number of hydrogen-bond acceptors (Lipinski definition) is 4. The van der Waals surface area contributed by atoms with Gasteiger partial charge in [0.25, 0.3) is 11.5 Å². The molecule has 1 aliphatic rings. The number of carbonyl (C=O) groups is 2. The molecule has 1 unspecified atom stereocenters. The summed E-state index contributed by atoms with van der Waals surface area (Å²) in [5.41, 5.74) is 0.154. The van der Waals surface area contributed by atoms with E-state index in [1.54, 1.807) is 18.2 Å². The van der Waals surface area contributed by atoms with Gasteiger partial charge in [-0.3, -0.25) is 4.79 Å². The molecule has 1 atom stereocenters. The zero-order valence-corrected chi connectivity index (χ0v) is 14.1. The van der Waals surface area contributed by atoms with Crippen molar-refractivity contribution in [2.45, 2.75) is 19.1 Å². The Labute approximate surface area is 150 Å². The van der Waals surface area contributed by atoms with E-state index >= 15 is 0 Å². The molecule has 26 heavy (non-hydrogen) atoms. The molecule has 0 saturated heterocycles. The van der Waals surface area contributed by atoms with Crippen molar-refractivity contribution in [3.63, 3.8) is 0 Å². The minimum Gasteiger partial charge on any atom is -0.450 e. The minimum absolute atomic E-state index is 0.221. The largest absolute Gasteiger partial charge is 0.507 e. The number of ether oxygens (including phenoxy) is 1. The van der Waals surface area contributed by atoms with Gasteiger partial charge in [-0.2, -0.15) is 5.26 Å². The molecule has 0 saturated carbocycles.